The number of hydrogen-bond acceptors (Lipinski definition) is 3. The van der Waals surface area contributed by atoms with Crippen molar-refractivity contribution in [1.29, 1.82) is 0 Å². The van der Waals surface area contributed by atoms with Gasteiger partial charge in [-0.1, -0.05) is 18.2 Å². The van der Waals surface area contributed by atoms with Gasteiger partial charge in [0.2, 0.25) is 0 Å². The topological polar surface area (TPSA) is 47.6 Å². The van der Waals surface area contributed by atoms with Crippen LogP contribution in [0.3, 0.4) is 0 Å². The first-order valence-electron chi connectivity index (χ1n) is 8.33. The van der Waals surface area contributed by atoms with E-state index in [0.29, 0.717) is 17.2 Å². The molecule has 1 N–H and O–H groups in total. The van der Waals surface area contributed by atoms with Crippen molar-refractivity contribution in [2.45, 2.75) is 6.18 Å². The second-order valence-electron chi connectivity index (χ2n) is 5.80. The van der Waals surface area contributed by atoms with Crippen LogP contribution >= 0.6 is 0 Å². The van der Waals surface area contributed by atoms with Gasteiger partial charge in [0, 0.05) is 5.69 Å². The molecule has 0 spiro atoms. The number of benzene rings is 3. The molecular formula is C21H16F3NO3. The summed E-state index contributed by atoms with van der Waals surface area (Å²) < 4.78 is 48.4. The van der Waals surface area contributed by atoms with Gasteiger partial charge in [0.25, 0.3) is 5.91 Å². The number of halogens is 3. The van der Waals surface area contributed by atoms with Gasteiger partial charge in [0.1, 0.15) is 17.2 Å². The van der Waals surface area contributed by atoms with Gasteiger partial charge in [-0.05, 0) is 60.7 Å². The highest BCUT2D eigenvalue weighted by molar-refractivity contribution is 5.91. The average Bonchev–Trinajstić information content (AvgIpc) is 2.68. The third-order valence-corrected chi connectivity index (χ3v) is 3.67. The molecule has 3 aromatic rings. The van der Waals surface area contributed by atoms with Crippen LogP contribution in [0.25, 0.3) is 0 Å². The molecule has 1 amide bonds. The molecule has 3 aromatic carbocycles. The summed E-state index contributed by atoms with van der Waals surface area (Å²) in [4.78, 5) is 11.9. The summed E-state index contributed by atoms with van der Waals surface area (Å²) in [6.45, 7) is -0.326. The summed E-state index contributed by atoms with van der Waals surface area (Å²) in [7, 11) is 0. The molecule has 0 bridgehead atoms. The number of hydrogen-bond donors (Lipinski definition) is 1. The zero-order valence-electron chi connectivity index (χ0n) is 14.6. The highest BCUT2D eigenvalue weighted by Crippen LogP contribution is 2.30. The van der Waals surface area contributed by atoms with E-state index in [2.05, 4.69) is 5.32 Å². The van der Waals surface area contributed by atoms with E-state index in [1.54, 1.807) is 24.3 Å². The molecule has 0 aliphatic heterocycles. The standard InChI is InChI=1S/C21H16F3NO3/c22-21(23,24)15-6-10-17(11-7-15)27-14-20(26)25-16-8-12-19(13-9-16)28-18-4-2-1-3-5-18/h1-13H,14H2,(H,25,26). The van der Waals surface area contributed by atoms with Crippen molar-refractivity contribution in [3.63, 3.8) is 0 Å². The molecule has 4 nitrogen and oxygen atoms in total. The number of rotatable bonds is 6. The first kappa shape index (κ1) is 19.3. The van der Waals surface area contributed by atoms with Crippen LogP contribution in [0.4, 0.5) is 18.9 Å². The molecule has 0 aliphatic carbocycles. The smallest absolute Gasteiger partial charge is 0.416 e. The van der Waals surface area contributed by atoms with Gasteiger partial charge in [-0.25, -0.2) is 0 Å². The van der Waals surface area contributed by atoms with E-state index in [1.807, 2.05) is 30.3 Å². The molecule has 0 fully saturated rings. The molecule has 144 valence electrons. The minimum Gasteiger partial charge on any atom is -0.484 e. The number of amides is 1. The van der Waals surface area contributed by atoms with Crippen LogP contribution < -0.4 is 14.8 Å². The fraction of sp³-hybridized carbons (Fsp3) is 0.0952. The lowest BCUT2D eigenvalue weighted by molar-refractivity contribution is -0.137. The van der Waals surface area contributed by atoms with Gasteiger partial charge in [-0.2, -0.15) is 13.2 Å². The molecule has 0 aliphatic rings. The number of anilines is 1. The monoisotopic (exact) mass is 387 g/mol. The Kier molecular flexibility index (Phi) is 5.84. The molecule has 0 aromatic heterocycles. The third kappa shape index (κ3) is 5.51. The van der Waals surface area contributed by atoms with E-state index in [4.69, 9.17) is 9.47 Å². The second-order valence-corrected chi connectivity index (χ2v) is 5.80. The number of nitrogens with one attached hydrogen (secondary N) is 1. The third-order valence-electron chi connectivity index (χ3n) is 3.67. The summed E-state index contributed by atoms with van der Waals surface area (Å²) in [5.41, 5.74) is -0.233. The Morgan fingerprint density at radius 3 is 1.96 bits per heavy atom. The molecule has 7 heteroatoms. The Balaban J connectivity index is 1.49. The molecule has 0 saturated heterocycles. The lowest BCUT2D eigenvalue weighted by Gasteiger charge is -2.10. The Morgan fingerprint density at radius 2 is 1.36 bits per heavy atom. The quantitative estimate of drug-likeness (QED) is 0.606. The first-order chi connectivity index (χ1) is 13.4. The lowest BCUT2D eigenvalue weighted by Crippen LogP contribution is -2.20. The Hall–Kier alpha value is -3.48. The molecule has 0 radical (unpaired) electrons. The van der Waals surface area contributed by atoms with Crippen LogP contribution in [-0.4, -0.2) is 12.5 Å². The van der Waals surface area contributed by atoms with Crippen LogP contribution in [0.1, 0.15) is 5.56 Å². The minimum absolute atomic E-state index is 0.176. The predicted molar refractivity (Wildman–Crippen MR) is 98.5 cm³/mol. The minimum atomic E-state index is -4.41. The second kappa shape index (κ2) is 8.47. The Labute approximate surface area is 159 Å². The SMILES string of the molecule is O=C(COc1ccc(C(F)(F)F)cc1)Nc1ccc(Oc2ccccc2)cc1. The van der Waals surface area contributed by atoms with Crippen molar-refractivity contribution >= 4 is 11.6 Å². The van der Waals surface area contributed by atoms with E-state index >= 15 is 0 Å². The van der Waals surface area contributed by atoms with Crippen LogP contribution in [0, 0.1) is 0 Å². The highest BCUT2D eigenvalue weighted by atomic mass is 19.4. The van der Waals surface area contributed by atoms with Crippen LogP contribution in [0.2, 0.25) is 0 Å². The highest BCUT2D eigenvalue weighted by Gasteiger charge is 2.30. The number of carbonyl (C=O) groups excluding carboxylic acids is 1. The normalized spacial score (nSPS) is 11.0. The number of alkyl halides is 3. The van der Waals surface area contributed by atoms with Crippen molar-refractivity contribution in [2.75, 3.05) is 11.9 Å². The van der Waals surface area contributed by atoms with Gasteiger partial charge in [-0.15, -0.1) is 0 Å². The maximum absolute atomic E-state index is 12.5. The summed E-state index contributed by atoms with van der Waals surface area (Å²) in [6, 6.07) is 20.2. The van der Waals surface area contributed by atoms with Gasteiger partial charge < -0.3 is 14.8 Å². The number of carbonyl (C=O) groups is 1. The van der Waals surface area contributed by atoms with Crippen molar-refractivity contribution in [1.82, 2.24) is 0 Å². The predicted octanol–water partition coefficient (Wildman–Crippen LogP) is 5.52. The molecule has 0 saturated carbocycles. The van der Waals surface area contributed by atoms with Crippen molar-refractivity contribution in [3.05, 3.63) is 84.4 Å². The maximum atomic E-state index is 12.5. The molecule has 28 heavy (non-hydrogen) atoms. The Bertz CT molecular complexity index is 908. The molecule has 3 rings (SSSR count). The molecule has 0 unspecified atom stereocenters. The van der Waals surface area contributed by atoms with Crippen molar-refractivity contribution < 1.29 is 27.4 Å². The van der Waals surface area contributed by atoms with Crippen molar-refractivity contribution in [3.8, 4) is 17.2 Å². The summed E-state index contributed by atoms with van der Waals surface area (Å²) in [6.07, 6.45) is -4.41. The summed E-state index contributed by atoms with van der Waals surface area (Å²) in [5.74, 6) is 1.06. The largest absolute Gasteiger partial charge is 0.484 e. The summed E-state index contributed by atoms with van der Waals surface area (Å²) >= 11 is 0. The van der Waals surface area contributed by atoms with Crippen LogP contribution in [0.15, 0.2) is 78.9 Å². The molecular weight excluding hydrogens is 371 g/mol. The zero-order valence-corrected chi connectivity index (χ0v) is 14.6. The van der Waals surface area contributed by atoms with Crippen LogP contribution in [-0.2, 0) is 11.0 Å². The fourth-order valence-electron chi connectivity index (χ4n) is 2.32. The maximum Gasteiger partial charge on any atom is 0.416 e. The van der Waals surface area contributed by atoms with Gasteiger partial charge in [0.15, 0.2) is 6.61 Å². The Morgan fingerprint density at radius 1 is 0.786 bits per heavy atom. The zero-order chi connectivity index (χ0) is 20.0. The first-order valence-corrected chi connectivity index (χ1v) is 8.33. The van der Waals surface area contributed by atoms with Gasteiger partial charge in [0.05, 0.1) is 5.56 Å². The fourth-order valence-corrected chi connectivity index (χ4v) is 2.32. The summed E-state index contributed by atoms with van der Waals surface area (Å²) in [5, 5.41) is 2.64. The number of para-hydroxylation sites is 1. The van der Waals surface area contributed by atoms with E-state index in [1.165, 1.54) is 12.1 Å². The van der Waals surface area contributed by atoms with E-state index < -0.39 is 17.6 Å². The average molecular weight is 387 g/mol. The molecule has 0 heterocycles. The van der Waals surface area contributed by atoms with Gasteiger partial charge in [-0.3, -0.25) is 4.79 Å². The number of ether oxygens (including phenoxy) is 2. The van der Waals surface area contributed by atoms with E-state index in [9.17, 15) is 18.0 Å². The van der Waals surface area contributed by atoms with Crippen molar-refractivity contribution in [2.24, 2.45) is 0 Å². The lowest BCUT2D eigenvalue weighted by atomic mass is 10.2. The van der Waals surface area contributed by atoms with E-state index in [0.717, 1.165) is 12.1 Å². The van der Waals surface area contributed by atoms with Crippen LogP contribution in [0.5, 0.6) is 17.2 Å². The van der Waals surface area contributed by atoms with E-state index in [-0.39, 0.29) is 12.4 Å². The van der Waals surface area contributed by atoms with Gasteiger partial charge >= 0.3 is 6.18 Å². The molecule has 0 atom stereocenters.